The van der Waals surface area contributed by atoms with Crippen molar-refractivity contribution in [3.8, 4) is 0 Å². The van der Waals surface area contributed by atoms with Gasteiger partial charge < -0.3 is 20.3 Å². The first-order valence-electron chi connectivity index (χ1n) is 6.19. The Labute approximate surface area is 114 Å². The second-order valence-electron chi connectivity index (χ2n) is 4.59. The van der Waals surface area contributed by atoms with Crippen molar-refractivity contribution in [2.75, 3.05) is 31.1 Å². The minimum atomic E-state index is -1.43. The Kier molecular flexibility index (Phi) is 4.56. The van der Waals surface area contributed by atoms with Gasteiger partial charge >= 0.3 is 7.12 Å². The second kappa shape index (κ2) is 5.97. The lowest BCUT2D eigenvalue weighted by molar-refractivity contribution is 0.425. The van der Waals surface area contributed by atoms with Gasteiger partial charge in [-0.3, -0.25) is 0 Å². The van der Waals surface area contributed by atoms with Crippen LogP contribution in [-0.4, -0.2) is 43.3 Å². The van der Waals surface area contributed by atoms with Crippen LogP contribution < -0.4 is 15.7 Å². The van der Waals surface area contributed by atoms with E-state index in [-0.39, 0.29) is 0 Å². The molecule has 4 nitrogen and oxygen atoms in total. The summed E-state index contributed by atoms with van der Waals surface area (Å²) in [6.07, 6.45) is 0. The standard InChI is InChI=1S/C12H19BN2O2S/c1-9-10(8-18)6-11(13(16)17)7-12(9)15-4-2-14-3-5-15/h6-7,14,16-18H,2-5,8H2,1H3. The number of nitrogens with one attached hydrogen (secondary N) is 1. The lowest BCUT2D eigenvalue weighted by Crippen LogP contribution is -2.44. The number of hydrogen-bond donors (Lipinski definition) is 4. The molecule has 1 aromatic carbocycles. The predicted molar refractivity (Wildman–Crippen MR) is 78.8 cm³/mol. The average Bonchev–Trinajstić information content (AvgIpc) is 2.39. The van der Waals surface area contributed by atoms with Crippen molar-refractivity contribution in [1.82, 2.24) is 5.32 Å². The van der Waals surface area contributed by atoms with Gasteiger partial charge in [0.15, 0.2) is 0 Å². The Morgan fingerprint density at radius 1 is 1.33 bits per heavy atom. The molecular weight excluding hydrogens is 247 g/mol. The summed E-state index contributed by atoms with van der Waals surface area (Å²) >= 11 is 4.31. The van der Waals surface area contributed by atoms with Crippen LogP contribution in [0.5, 0.6) is 0 Å². The number of benzene rings is 1. The van der Waals surface area contributed by atoms with Crippen molar-refractivity contribution in [2.45, 2.75) is 12.7 Å². The van der Waals surface area contributed by atoms with Crippen LogP contribution in [0.25, 0.3) is 0 Å². The quantitative estimate of drug-likeness (QED) is 0.441. The van der Waals surface area contributed by atoms with E-state index in [9.17, 15) is 10.0 Å². The second-order valence-corrected chi connectivity index (χ2v) is 4.91. The highest BCUT2D eigenvalue weighted by atomic mass is 32.1. The summed E-state index contributed by atoms with van der Waals surface area (Å²) in [5, 5.41) is 22.0. The number of hydrogen-bond acceptors (Lipinski definition) is 5. The summed E-state index contributed by atoms with van der Waals surface area (Å²) in [7, 11) is -1.43. The van der Waals surface area contributed by atoms with E-state index in [1.807, 2.05) is 12.1 Å². The van der Waals surface area contributed by atoms with Crippen LogP contribution in [0.4, 0.5) is 5.69 Å². The molecule has 0 unspecified atom stereocenters. The van der Waals surface area contributed by atoms with Crippen LogP contribution in [0.3, 0.4) is 0 Å². The van der Waals surface area contributed by atoms with Gasteiger partial charge in [0, 0.05) is 37.6 Å². The lowest BCUT2D eigenvalue weighted by atomic mass is 9.78. The van der Waals surface area contributed by atoms with Gasteiger partial charge in [0.05, 0.1) is 0 Å². The van der Waals surface area contributed by atoms with Gasteiger partial charge in [0.1, 0.15) is 0 Å². The lowest BCUT2D eigenvalue weighted by Gasteiger charge is -2.31. The summed E-state index contributed by atoms with van der Waals surface area (Å²) in [5.74, 6) is 0.603. The Bertz CT molecular complexity index is 423. The van der Waals surface area contributed by atoms with Crippen molar-refractivity contribution in [3.05, 3.63) is 23.3 Å². The number of piperazine rings is 1. The molecule has 1 aliphatic rings. The Morgan fingerprint density at radius 2 is 2.00 bits per heavy atom. The highest BCUT2D eigenvalue weighted by molar-refractivity contribution is 7.79. The van der Waals surface area contributed by atoms with Gasteiger partial charge in [-0.15, -0.1) is 0 Å². The van der Waals surface area contributed by atoms with Crippen molar-refractivity contribution in [3.63, 3.8) is 0 Å². The van der Waals surface area contributed by atoms with E-state index in [1.165, 1.54) is 5.56 Å². The fraction of sp³-hybridized carbons (Fsp3) is 0.500. The van der Waals surface area contributed by atoms with E-state index in [0.717, 1.165) is 37.4 Å². The minimum Gasteiger partial charge on any atom is -0.423 e. The third-order valence-electron chi connectivity index (χ3n) is 3.44. The zero-order valence-electron chi connectivity index (χ0n) is 10.6. The van der Waals surface area contributed by atoms with Gasteiger partial charge in [-0.05, 0) is 29.6 Å². The number of thiol groups is 1. The van der Waals surface area contributed by atoms with Crippen LogP contribution in [0, 0.1) is 6.92 Å². The topological polar surface area (TPSA) is 55.7 Å². The van der Waals surface area contributed by atoms with Crippen LogP contribution in [0.15, 0.2) is 12.1 Å². The molecule has 1 fully saturated rings. The van der Waals surface area contributed by atoms with Crippen LogP contribution in [-0.2, 0) is 5.75 Å². The highest BCUT2D eigenvalue weighted by Gasteiger charge is 2.19. The molecule has 0 saturated carbocycles. The smallest absolute Gasteiger partial charge is 0.423 e. The molecule has 0 bridgehead atoms. The zero-order chi connectivity index (χ0) is 13.1. The molecule has 6 heteroatoms. The maximum atomic E-state index is 9.36. The normalized spacial score (nSPS) is 15.9. The first-order valence-corrected chi connectivity index (χ1v) is 6.83. The van der Waals surface area contributed by atoms with Crippen LogP contribution >= 0.6 is 12.6 Å². The molecule has 0 spiro atoms. The van der Waals surface area contributed by atoms with E-state index in [4.69, 9.17) is 0 Å². The summed E-state index contributed by atoms with van der Waals surface area (Å²) in [6, 6.07) is 3.69. The van der Waals surface area contributed by atoms with Crippen molar-refractivity contribution >= 4 is 30.9 Å². The number of anilines is 1. The largest absolute Gasteiger partial charge is 0.488 e. The molecular formula is C12H19BN2O2S. The Balaban J connectivity index is 2.40. The third kappa shape index (κ3) is 2.83. The molecule has 18 heavy (non-hydrogen) atoms. The van der Waals surface area contributed by atoms with Gasteiger partial charge in [-0.2, -0.15) is 12.6 Å². The van der Waals surface area contributed by atoms with E-state index >= 15 is 0 Å². The Morgan fingerprint density at radius 3 is 2.56 bits per heavy atom. The van der Waals surface area contributed by atoms with Crippen molar-refractivity contribution in [2.24, 2.45) is 0 Å². The molecule has 1 saturated heterocycles. The predicted octanol–water partition coefficient (Wildman–Crippen LogP) is -0.486. The molecule has 98 valence electrons. The van der Waals surface area contributed by atoms with Crippen molar-refractivity contribution < 1.29 is 10.0 Å². The maximum absolute atomic E-state index is 9.36. The maximum Gasteiger partial charge on any atom is 0.488 e. The van der Waals surface area contributed by atoms with E-state index in [2.05, 4.69) is 29.8 Å². The zero-order valence-corrected chi connectivity index (χ0v) is 11.5. The van der Waals surface area contributed by atoms with E-state index in [1.54, 1.807) is 0 Å². The summed E-state index contributed by atoms with van der Waals surface area (Å²) in [4.78, 5) is 2.28. The van der Waals surface area contributed by atoms with Crippen LogP contribution in [0.2, 0.25) is 0 Å². The molecule has 0 atom stereocenters. The van der Waals surface area contributed by atoms with Gasteiger partial charge in [-0.1, -0.05) is 6.07 Å². The van der Waals surface area contributed by atoms with E-state index < -0.39 is 7.12 Å². The molecule has 0 aliphatic carbocycles. The molecule has 1 aliphatic heterocycles. The summed E-state index contributed by atoms with van der Waals surface area (Å²) < 4.78 is 0. The first-order chi connectivity index (χ1) is 8.63. The SMILES string of the molecule is Cc1c(CS)cc(B(O)O)cc1N1CCNCC1. The Hall–Kier alpha value is -0.685. The van der Waals surface area contributed by atoms with Gasteiger partial charge in [0.2, 0.25) is 0 Å². The molecule has 1 heterocycles. The molecule has 0 amide bonds. The number of rotatable bonds is 3. The average molecular weight is 266 g/mol. The monoisotopic (exact) mass is 266 g/mol. The van der Waals surface area contributed by atoms with Gasteiger partial charge in [-0.25, -0.2) is 0 Å². The molecule has 1 aromatic rings. The van der Waals surface area contributed by atoms with Gasteiger partial charge in [0.25, 0.3) is 0 Å². The van der Waals surface area contributed by atoms with E-state index in [0.29, 0.717) is 11.2 Å². The molecule has 2 rings (SSSR count). The number of nitrogens with zero attached hydrogens (tertiary/aromatic N) is 1. The fourth-order valence-electron chi connectivity index (χ4n) is 2.33. The fourth-order valence-corrected chi connectivity index (χ4v) is 2.66. The minimum absolute atomic E-state index is 0.540. The molecule has 3 N–H and O–H groups in total. The molecule has 0 radical (unpaired) electrons. The third-order valence-corrected chi connectivity index (χ3v) is 3.78. The molecule has 0 aromatic heterocycles. The highest BCUT2D eigenvalue weighted by Crippen LogP contribution is 2.23. The van der Waals surface area contributed by atoms with Crippen molar-refractivity contribution in [1.29, 1.82) is 0 Å². The van der Waals surface area contributed by atoms with Crippen LogP contribution in [0.1, 0.15) is 11.1 Å². The first kappa shape index (κ1) is 13.7. The summed E-state index contributed by atoms with van der Waals surface area (Å²) in [6.45, 7) is 5.87. The summed E-state index contributed by atoms with van der Waals surface area (Å²) in [5.41, 5.74) is 3.86.